The van der Waals surface area contributed by atoms with E-state index in [1.165, 1.54) is 19.2 Å². The molecule has 2 atom stereocenters. The topological polar surface area (TPSA) is 88.5 Å². The first kappa shape index (κ1) is 18.7. The number of hydrogen-bond donors (Lipinski definition) is 0. The van der Waals surface area contributed by atoms with Gasteiger partial charge in [-0.05, 0) is 36.8 Å². The Kier molecular flexibility index (Phi) is 4.54. The SMILES string of the molecule is COC(=O)C1=NN(c2cccc(C)c2)[C@@H]2C(=O)N(c3ccccc3OC)C(=O)[C@H]12. The van der Waals surface area contributed by atoms with Crippen molar-refractivity contribution in [1.29, 1.82) is 0 Å². The van der Waals surface area contributed by atoms with Crippen LogP contribution < -0.4 is 14.6 Å². The molecule has 2 aliphatic rings. The van der Waals surface area contributed by atoms with Crippen LogP contribution in [-0.4, -0.2) is 43.8 Å². The molecular weight excluding hydrogens is 374 g/mol. The highest BCUT2D eigenvalue weighted by molar-refractivity contribution is 6.47. The van der Waals surface area contributed by atoms with E-state index < -0.39 is 29.7 Å². The Morgan fingerprint density at radius 1 is 1.03 bits per heavy atom. The highest BCUT2D eigenvalue weighted by atomic mass is 16.5. The van der Waals surface area contributed by atoms with Crippen molar-refractivity contribution >= 4 is 34.9 Å². The molecule has 0 saturated carbocycles. The van der Waals surface area contributed by atoms with Crippen molar-refractivity contribution < 1.29 is 23.9 Å². The van der Waals surface area contributed by atoms with Gasteiger partial charge >= 0.3 is 5.97 Å². The molecule has 2 aliphatic heterocycles. The quantitative estimate of drug-likeness (QED) is 0.582. The molecule has 0 spiro atoms. The van der Waals surface area contributed by atoms with Crippen LogP contribution in [0, 0.1) is 12.8 Å². The van der Waals surface area contributed by atoms with E-state index in [9.17, 15) is 14.4 Å². The van der Waals surface area contributed by atoms with Crippen LogP contribution >= 0.6 is 0 Å². The molecule has 29 heavy (non-hydrogen) atoms. The summed E-state index contributed by atoms with van der Waals surface area (Å²) in [5.74, 6) is -2.43. The van der Waals surface area contributed by atoms with Gasteiger partial charge in [-0.25, -0.2) is 9.69 Å². The molecule has 2 aromatic rings. The van der Waals surface area contributed by atoms with Crippen LogP contribution in [0.25, 0.3) is 0 Å². The lowest BCUT2D eigenvalue weighted by molar-refractivity contribution is -0.133. The van der Waals surface area contributed by atoms with Crippen molar-refractivity contribution in [3.63, 3.8) is 0 Å². The van der Waals surface area contributed by atoms with Crippen molar-refractivity contribution in [2.45, 2.75) is 13.0 Å². The smallest absolute Gasteiger partial charge is 0.355 e. The Labute approximate surface area is 167 Å². The first-order chi connectivity index (χ1) is 14.0. The maximum absolute atomic E-state index is 13.4. The number of hydrogen-bond acceptors (Lipinski definition) is 7. The minimum atomic E-state index is -1.06. The number of carbonyl (C=O) groups is 3. The molecule has 0 aliphatic carbocycles. The number of nitrogens with zero attached hydrogens (tertiary/aromatic N) is 3. The van der Waals surface area contributed by atoms with Gasteiger partial charge in [-0.3, -0.25) is 14.6 Å². The monoisotopic (exact) mass is 393 g/mol. The van der Waals surface area contributed by atoms with Gasteiger partial charge in [0.15, 0.2) is 5.71 Å². The largest absolute Gasteiger partial charge is 0.495 e. The number of imide groups is 1. The van der Waals surface area contributed by atoms with E-state index in [1.807, 2.05) is 25.1 Å². The third kappa shape index (κ3) is 2.84. The summed E-state index contributed by atoms with van der Waals surface area (Å²) in [6.45, 7) is 1.91. The molecule has 0 aromatic heterocycles. The third-order valence-corrected chi connectivity index (χ3v) is 5.04. The number of aryl methyl sites for hydroxylation is 1. The second-order valence-electron chi connectivity index (χ2n) is 6.77. The molecule has 8 heteroatoms. The van der Waals surface area contributed by atoms with Crippen LogP contribution in [0.2, 0.25) is 0 Å². The fourth-order valence-electron chi connectivity index (χ4n) is 3.72. The van der Waals surface area contributed by atoms with Crippen LogP contribution in [-0.2, 0) is 19.1 Å². The van der Waals surface area contributed by atoms with Crippen molar-refractivity contribution in [2.24, 2.45) is 11.0 Å². The lowest BCUT2D eigenvalue weighted by Crippen LogP contribution is -2.39. The summed E-state index contributed by atoms with van der Waals surface area (Å²) >= 11 is 0. The Balaban J connectivity index is 1.83. The second kappa shape index (κ2) is 7.05. The maximum atomic E-state index is 13.4. The van der Waals surface area contributed by atoms with Gasteiger partial charge in [0.2, 0.25) is 5.91 Å². The van der Waals surface area contributed by atoms with Crippen molar-refractivity contribution in [1.82, 2.24) is 0 Å². The lowest BCUT2D eigenvalue weighted by Gasteiger charge is -2.23. The number of carbonyl (C=O) groups excluding carboxylic acids is 3. The molecular formula is C21H19N3O5. The standard InChI is InChI=1S/C21H19N3O5/c1-12-7-6-8-13(11-12)24-18-16(17(22-24)21(27)29-3)19(25)23(20(18)26)14-9-4-5-10-15(14)28-2/h4-11,16,18H,1-3H3/t16-,18+/m1/s1. The number of ether oxygens (including phenoxy) is 2. The minimum absolute atomic E-state index is 0.0882. The number of fused-ring (bicyclic) bond motifs is 1. The number of para-hydroxylation sites is 2. The molecule has 1 saturated heterocycles. The predicted octanol–water partition coefficient (Wildman–Crippen LogP) is 1.91. The Hall–Kier alpha value is -3.68. The van der Waals surface area contributed by atoms with Crippen LogP contribution in [0.5, 0.6) is 5.75 Å². The van der Waals surface area contributed by atoms with Gasteiger partial charge in [0.05, 0.1) is 25.6 Å². The Morgan fingerprint density at radius 2 is 1.79 bits per heavy atom. The molecule has 2 amide bonds. The van der Waals surface area contributed by atoms with Gasteiger partial charge < -0.3 is 9.47 Å². The minimum Gasteiger partial charge on any atom is -0.495 e. The maximum Gasteiger partial charge on any atom is 0.355 e. The average molecular weight is 393 g/mol. The average Bonchev–Trinajstić information content (AvgIpc) is 3.24. The van der Waals surface area contributed by atoms with Crippen LogP contribution in [0.15, 0.2) is 53.6 Å². The number of methoxy groups -OCH3 is 2. The van der Waals surface area contributed by atoms with Gasteiger partial charge in [0.1, 0.15) is 17.7 Å². The summed E-state index contributed by atoms with van der Waals surface area (Å²) in [6.07, 6.45) is 0. The van der Waals surface area contributed by atoms with E-state index in [-0.39, 0.29) is 5.71 Å². The summed E-state index contributed by atoms with van der Waals surface area (Å²) in [5, 5.41) is 5.73. The number of amides is 2. The van der Waals surface area contributed by atoms with Gasteiger partial charge in [0, 0.05) is 0 Å². The molecule has 0 bridgehead atoms. The van der Waals surface area contributed by atoms with E-state index >= 15 is 0 Å². The Bertz CT molecular complexity index is 1050. The molecule has 1 fully saturated rings. The molecule has 0 radical (unpaired) electrons. The van der Waals surface area contributed by atoms with Crippen LogP contribution in [0.3, 0.4) is 0 Å². The van der Waals surface area contributed by atoms with E-state index in [1.54, 1.807) is 30.3 Å². The Morgan fingerprint density at radius 3 is 2.48 bits per heavy atom. The van der Waals surface area contributed by atoms with Crippen LogP contribution in [0.1, 0.15) is 5.56 Å². The van der Waals surface area contributed by atoms with E-state index in [0.717, 1.165) is 10.5 Å². The number of anilines is 2. The van der Waals surface area contributed by atoms with Crippen molar-refractivity contribution in [3.8, 4) is 5.75 Å². The zero-order chi connectivity index (χ0) is 20.7. The number of benzene rings is 2. The van der Waals surface area contributed by atoms with E-state index in [4.69, 9.17) is 9.47 Å². The summed E-state index contributed by atoms with van der Waals surface area (Å²) < 4.78 is 10.1. The fraction of sp³-hybridized carbons (Fsp3) is 0.238. The van der Waals surface area contributed by atoms with Gasteiger partial charge in [-0.15, -0.1) is 0 Å². The highest BCUT2D eigenvalue weighted by Crippen LogP contribution is 2.40. The zero-order valence-electron chi connectivity index (χ0n) is 16.2. The first-order valence-corrected chi connectivity index (χ1v) is 9.01. The van der Waals surface area contributed by atoms with E-state index in [0.29, 0.717) is 17.1 Å². The van der Waals surface area contributed by atoms with E-state index in [2.05, 4.69) is 5.10 Å². The molecule has 148 valence electrons. The predicted molar refractivity (Wildman–Crippen MR) is 106 cm³/mol. The summed E-state index contributed by atoms with van der Waals surface area (Å²) in [6, 6.07) is 13.1. The second-order valence-corrected chi connectivity index (χ2v) is 6.77. The van der Waals surface area contributed by atoms with Gasteiger partial charge in [-0.1, -0.05) is 24.3 Å². The lowest BCUT2D eigenvalue weighted by atomic mass is 9.97. The third-order valence-electron chi connectivity index (χ3n) is 5.04. The molecule has 4 rings (SSSR count). The molecule has 2 aromatic carbocycles. The summed E-state index contributed by atoms with van der Waals surface area (Å²) in [5.41, 5.74) is 1.81. The van der Waals surface area contributed by atoms with Gasteiger partial charge in [-0.2, -0.15) is 5.10 Å². The summed E-state index contributed by atoms with van der Waals surface area (Å²) in [4.78, 5) is 40.0. The molecule has 2 heterocycles. The normalized spacial score (nSPS) is 20.6. The highest BCUT2D eigenvalue weighted by Gasteiger charge is 2.59. The first-order valence-electron chi connectivity index (χ1n) is 9.01. The molecule has 0 unspecified atom stereocenters. The van der Waals surface area contributed by atoms with Crippen LogP contribution in [0.4, 0.5) is 11.4 Å². The van der Waals surface area contributed by atoms with Crippen molar-refractivity contribution in [3.05, 3.63) is 54.1 Å². The summed E-state index contributed by atoms with van der Waals surface area (Å²) in [7, 11) is 2.68. The number of hydrazone groups is 1. The number of esters is 1. The molecule has 0 N–H and O–H groups in total. The zero-order valence-corrected chi connectivity index (χ0v) is 16.2. The van der Waals surface area contributed by atoms with Crippen molar-refractivity contribution in [2.75, 3.05) is 24.1 Å². The van der Waals surface area contributed by atoms with Gasteiger partial charge in [0.25, 0.3) is 5.91 Å². The molecule has 8 nitrogen and oxygen atoms in total. The fourth-order valence-corrected chi connectivity index (χ4v) is 3.72. The number of rotatable bonds is 4.